The normalized spacial score (nSPS) is 10.5. The molecule has 14 heavy (non-hydrogen) atoms. The maximum Gasteiger partial charge on any atom is 0.145 e. The zero-order valence-corrected chi connectivity index (χ0v) is 9.63. The first-order valence-corrected chi connectivity index (χ1v) is 5.11. The minimum absolute atomic E-state index is 0.812. The third kappa shape index (κ3) is 1.48. The predicted octanol–water partition coefficient (Wildman–Crippen LogP) is 3.31. The number of aryl methyl sites for hydroxylation is 1. The van der Waals surface area contributed by atoms with Gasteiger partial charge in [0.2, 0.25) is 0 Å². The van der Waals surface area contributed by atoms with Crippen LogP contribution in [0.3, 0.4) is 0 Å². The quantitative estimate of drug-likeness (QED) is 0.776. The van der Waals surface area contributed by atoms with E-state index in [2.05, 4.69) is 20.9 Å². The third-order valence-electron chi connectivity index (χ3n) is 2.10. The Morgan fingerprint density at radius 1 is 1.36 bits per heavy atom. The smallest absolute Gasteiger partial charge is 0.145 e. The molecular formula is C11H10BrNO. The second kappa shape index (κ2) is 3.58. The highest BCUT2D eigenvalue weighted by molar-refractivity contribution is 9.10. The fraction of sp³-hybridized carbons (Fsp3) is 0.182. The Balaban J connectivity index is 2.86. The molecule has 1 aromatic heterocycles. The van der Waals surface area contributed by atoms with Crippen LogP contribution in [0.1, 0.15) is 5.69 Å². The first kappa shape index (κ1) is 9.46. The number of hydrogen-bond acceptors (Lipinski definition) is 2. The number of para-hydroxylation sites is 1. The van der Waals surface area contributed by atoms with Gasteiger partial charge in [0.1, 0.15) is 11.3 Å². The summed E-state index contributed by atoms with van der Waals surface area (Å²) in [5.41, 5.74) is 1.88. The molecule has 1 heterocycles. The molecule has 0 unspecified atom stereocenters. The Labute approximate surface area is 91.0 Å². The van der Waals surface area contributed by atoms with Crippen LogP contribution in [0, 0.1) is 6.92 Å². The van der Waals surface area contributed by atoms with Gasteiger partial charge in [0.25, 0.3) is 0 Å². The molecular weight excluding hydrogens is 242 g/mol. The molecule has 2 aromatic rings. The molecule has 0 atom stereocenters. The van der Waals surface area contributed by atoms with E-state index in [1.165, 1.54) is 0 Å². The van der Waals surface area contributed by atoms with Crippen LogP contribution >= 0.6 is 15.9 Å². The van der Waals surface area contributed by atoms with Gasteiger partial charge in [-0.05, 0) is 19.1 Å². The van der Waals surface area contributed by atoms with E-state index in [0.717, 1.165) is 26.8 Å². The molecule has 0 aliphatic heterocycles. The van der Waals surface area contributed by atoms with Crippen LogP contribution in [0.5, 0.6) is 5.75 Å². The first-order chi connectivity index (χ1) is 6.72. The number of rotatable bonds is 1. The number of fused-ring (bicyclic) bond motifs is 1. The molecule has 0 saturated carbocycles. The molecule has 0 N–H and O–H groups in total. The number of nitrogens with zero attached hydrogens (tertiary/aromatic N) is 1. The summed E-state index contributed by atoms with van der Waals surface area (Å²) < 4.78 is 6.31. The SMILES string of the molecule is COc1cccc2c(Br)cc(C)nc12. The Bertz CT molecular complexity index is 482. The molecule has 2 rings (SSSR count). The van der Waals surface area contributed by atoms with E-state index in [9.17, 15) is 0 Å². The van der Waals surface area contributed by atoms with Gasteiger partial charge in [0, 0.05) is 15.6 Å². The van der Waals surface area contributed by atoms with E-state index in [-0.39, 0.29) is 0 Å². The third-order valence-corrected chi connectivity index (χ3v) is 2.76. The summed E-state index contributed by atoms with van der Waals surface area (Å²) in [6.07, 6.45) is 0. The Kier molecular flexibility index (Phi) is 2.42. The van der Waals surface area contributed by atoms with Gasteiger partial charge in [-0.3, -0.25) is 0 Å². The van der Waals surface area contributed by atoms with Crippen LogP contribution in [0.4, 0.5) is 0 Å². The van der Waals surface area contributed by atoms with Crippen molar-refractivity contribution < 1.29 is 4.74 Å². The number of hydrogen-bond donors (Lipinski definition) is 0. The lowest BCUT2D eigenvalue weighted by Gasteiger charge is -2.06. The largest absolute Gasteiger partial charge is 0.494 e. The molecule has 0 fully saturated rings. The number of halogens is 1. The van der Waals surface area contributed by atoms with E-state index in [4.69, 9.17) is 4.74 Å². The van der Waals surface area contributed by atoms with Gasteiger partial charge in [-0.25, -0.2) is 4.98 Å². The standard InChI is InChI=1S/C11H10BrNO/c1-7-6-9(12)8-4-3-5-10(14-2)11(8)13-7/h3-6H,1-2H3. The number of ether oxygens (including phenoxy) is 1. The van der Waals surface area contributed by atoms with Crippen molar-refractivity contribution in [2.24, 2.45) is 0 Å². The van der Waals surface area contributed by atoms with Crippen molar-refractivity contribution in [2.45, 2.75) is 6.92 Å². The van der Waals surface area contributed by atoms with Gasteiger partial charge in [-0.1, -0.05) is 28.1 Å². The maximum absolute atomic E-state index is 5.25. The highest BCUT2D eigenvalue weighted by atomic mass is 79.9. The van der Waals surface area contributed by atoms with Gasteiger partial charge >= 0.3 is 0 Å². The summed E-state index contributed by atoms with van der Waals surface area (Å²) in [5.74, 6) is 0.812. The lowest BCUT2D eigenvalue weighted by molar-refractivity contribution is 0.419. The summed E-state index contributed by atoms with van der Waals surface area (Å²) >= 11 is 3.52. The van der Waals surface area contributed by atoms with Crippen molar-refractivity contribution in [3.8, 4) is 5.75 Å². The molecule has 0 saturated heterocycles. The second-order valence-corrected chi connectivity index (χ2v) is 3.96. The summed E-state index contributed by atoms with van der Waals surface area (Å²) in [6, 6.07) is 7.90. The average Bonchev–Trinajstić information content (AvgIpc) is 2.17. The highest BCUT2D eigenvalue weighted by Gasteiger charge is 2.05. The van der Waals surface area contributed by atoms with Crippen LogP contribution in [-0.4, -0.2) is 12.1 Å². The monoisotopic (exact) mass is 251 g/mol. The van der Waals surface area contributed by atoms with Crippen LogP contribution in [-0.2, 0) is 0 Å². The second-order valence-electron chi connectivity index (χ2n) is 3.10. The van der Waals surface area contributed by atoms with Crippen molar-refractivity contribution in [2.75, 3.05) is 7.11 Å². The lowest BCUT2D eigenvalue weighted by atomic mass is 10.2. The molecule has 72 valence electrons. The molecule has 0 spiro atoms. The van der Waals surface area contributed by atoms with Gasteiger partial charge in [-0.15, -0.1) is 0 Å². The topological polar surface area (TPSA) is 22.1 Å². The molecule has 0 radical (unpaired) electrons. The Hall–Kier alpha value is -1.09. The van der Waals surface area contributed by atoms with Crippen molar-refractivity contribution in [3.63, 3.8) is 0 Å². The van der Waals surface area contributed by atoms with Crippen LogP contribution in [0.25, 0.3) is 10.9 Å². The number of benzene rings is 1. The van der Waals surface area contributed by atoms with Crippen molar-refractivity contribution in [1.82, 2.24) is 4.98 Å². The molecule has 0 bridgehead atoms. The first-order valence-electron chi connectivity index (χ1n) is 4.32. The number of methoxy groups -OCH3 is 1. The maximum atomic E-state index is 5.25. The Morgan fingerprint density at radius 3 is 2.86 bits per heavy atom. The van der Waals surface area contributed by atoms with Crippen molar-refractivity contribution in [3.05, 3.63) is 34.4 Å². The van der Waals surface area contributed by atoms with Gasteiger partial charge in [0.05, 0.1) is 7.11 Å². The zero-order valence-electron chi connectivity index (χ0n) is 8.04. The highest BCUT2D eigenvalue weighted by Crippen LogP contribution is 2.29. The predicted molar refractivity (Wildman–Crippen MR) is 60.7 cm³/mol. The molecule has 0 amide bonds. The van der Waals surface area contributed by atoms with E-state index < -0.39 is 0 Å². The van der Waals surface area contributed by atoms with E-state index in [1.807, 2.05) is 31.2 Å². The summed E-state index contributed by atoms with van der Waals surface area (Å²) in [7, 11) is 1.66. The molecule has 0 aliphatic carbocycles. The fourth-order valence-electron chi connectivity index (χ4n) is 1.46. The van der Waals surface area contributed by atoms with Gasteiger partial charge in [-0.2, -0.15) is 0 Å². The van der Waals surface area contributed by atoms with Gasteiger partial charge in [0.15, 0.2) is 0 Å². The molecule has 1 aromatic carbocycles. The van der Waals surface area contributed by atoms with Gasteiger partial charge < -0.3 is 4.74 Å². The Morgan fingerprint density at radius 2 is 2.14 bits per heavy atom. The van der Waals surface area contributed by atoms with Crippen molar-refractivity contribution in [1.29, 1.82) is 0 Å². The fourth-order valence-corrected chi connectivity index (χ4v) is 2.12. The van der Waals surface area contributed by atoms with Crippen LogP contribution in [0.15, 0.2) is 28.7 Å². The van der Waals surface area contributed by atoms with E-state index in [1.54, 1.807) is 7.11 Å². The van der Waals surface area contributed by atoms with Crippen LogP contribution < -0.4 is 4.74 Å². The number of aromatic nitrogens is 1. The molecule has 0 aliphatic rings. The minimum atomic E-state index is 0.812. The zero-order chi connectivity index (χ0) is 10.1. The van der Waals surface area contributed by atoms with E-state index >= 15 is 0 Å². The van der Waals surface area contributed by atoms with Crippen molar-refractivity contribution >= 4 is 26.8 Å². The number of pyridine rings is 1. The minimum Gasteiger partial charge on any atom is -0.494 e. The van der Waals surface area contributed by atoms with E-state index in [0.29, 0.717) is 0 Å². The summed E-state index contributed by atoms with van der Waals surface area (Å²) in [5, 5.41) is 1.08. The summed E-state index contributed by atoms with van der Waals surface area (Å²) in [4.78, 5) is 4.45. The average molecular weight is 252 g/mol. The lowest BCUT2D eigenvalue weighted by Crippen LogP contribution is -1.90. The molecule has 3 heteroatoms. The molecule has 2 nitrogen and oxygen atoms in total. The summed E-state index contributed by atoms with van der Waals surface area (Å²) in [6.45, 7) is 1.97. The van der Waals surface area contributed by atoms with Crippen LogP contribution in [0.2, 0.25) is 0 Å².